The van der Waals surface area contributed by atoms with E-state index in [0.29, 0.717) is 5.95 Å². The minimum atomic E-state index is -0.557. The molecule has 1 aliphatic heterocycles. The third-order valence-corrected chi connectivity index (χ3v) is 7.40. The van der Waals surface area contributed by atoms with Crippen LogP contribution in [0.5, 0.6) is 0 Å². The average molecular weight is 466 g/mol. The maximum Gasteiger partial charge on any atom is 0.229 e. The van der Waals surface area contributed by atoms with Gasteiger partial charge in [-0.2, -0.15) is 4.98 Å². The molecule has 8 nitrogen and oxygen atoms in total. The number of carbonyl (C=O) groups is 1. The fraction of sp³-hybridized carbons (Fsp3) is 0.480. The number of nitrogens with one attached hydrogen (secondary N) is 2. The Morgan fingerprint density at radius 1 is 1.12 bits per heavy atom. The van der Waals surface area contributed by atoms with Crippen molar-refractivity contribution in [3.63, 3.8) is 0 Å². The molecule has 0 spiro atoms. The summed E-state index contributed by atoms with van der Waals surface area (Å²) in [6.07, 6.45) is 6.12. The maximum atomic E-state index is 14.6. The number of hydrogen-bond donors (Lipinski definition) is 3. The van der Waals surface area contributed by atoms with Crippen LogP contribution in [0.25, 0.3) is 0 Å². The molecule has 3 aliphatic rings. The number of piperazine rings is 1. The van der Waals surface area contributed by atoms with Gasteiger partial charge in [-0.05, 0) is 62.4 Å². The van der Waals surface area contributed by atoms with Crippen LogP contribution in [-0.4, -0.2) is 60.0 Å². The standard InChI is InChI=1S/C25H32FN7O/c1-14-10-18(11-15(2)22(14)33-8-6-32(3)7-9-33)29-25-28-13-19(26)24(31-25)30-21-17-5-4-16(12-17)20(21)23(27)34/h4-5,10-11,13,16-17,20-21H,6-9,12H2,1-3H3,(H2,27,34)(H2,28,29,30,31). The Kier molecular flexibility index (Phi) is 5.89. The van der Waals surface area contributed by atoms with Gasteiger partial charge in [0, 0.05) is 43.6 Å². The molecular formula is C25H32FN7O. The molecule has 180 valence electrons. The van der Waals surface area contributed by atoms with Crippen LogP contribution in [0.1, 0.15) is 17.5 Å². The van der Waals surface area contributed by atoms with E-state index < -0.39 is 5.82 Å². The summed E-state index contributed by atoms with van der Waals surface area (Å²) in [4.78, 5) is 25.3. The van der Waals surface area contributed by atoms with Crippen molar-refractivity contribution in [2.24, 2.45) is 23.5 Å². The number of aromatic nitrogens is 2. The van der Waals surface area contributed by atoms with Gasteiger partial charge in [0.15, 0.2) is 11.6 Å². The van der Waals surface area contributed by atoms with Crippen molar-refractivity contribution >= 4 is 29.0 Å². The quantitative estimate of drug-likeness (QED) is 0.564. The van der Waals surface area contributed by atoms with Gasteiger partial charge in [0.2, 0.25) is 11.9 Å². The van der Waals surface area contributed by atoms with Crippen molar-refractivity contribution in [2.45, 2.75) is 26.3 Å². The number of nitrogens with zero attached hydrogens (tertiary/aromatic N) is 4. The number of aryl methyl sites for hydroxylation is 2. The molecule has 4 N–H and O–H groups in total. The first-order valence-electron chi connectivity index (χ1n) is 11.9. The maximum absolute atomic E-state index is 14.6. The number of nitrogens with two attached hydrogens (primary N) is 1. The number of amides is 1. The van der Waals surface area contributed by atoms with E-state index >= 15 is 0 Å². The van der Waals surface area contributed by atoms with Crippen LogP contribution in [0.3, 0.4) is 0 Å². The first kappa shape index (κ1) is 22.6. The molecule has 2 aromatic rings. The topological polar surface area (TPSA) is 99.4 Å². The predicted octanol–water partition coefficient (Wildman–Crippen LogP) is 2.82. The molecule has 2 aliphatic carbocycles. The lowest BCUT2D eigenvalue weighted by molar-refractivity contribution is -0.122. The van der Waals surface area contributed by atoms with Gasteiger partial charge in [0.1, 0.15) is 0 Å². The molecule has 1 aromatic carbocycles. The zero-order valence-electron chi connectivity index (χ0n) is 19.9. The van der Waals surface area contributed by atoms with E-state index in [0.717, 1.165) is 44.5 Å². The van der Waals surface area contributed by atoms with Gasteiger partial charge < -0.3 is 26.2 Å². The van der Waals surface area contributed by atoms with Gasteiger partial charge in [-0.25, -0.2) is 9.37 Å². The number of primary amides is 1. The van der Waals surface area contributed by atoms with Crippen molar-refractivity contribution in [3.05, 3.63) is 47.4 Å². The Morgan fingerprint density at radius 3 is 2.47 bits per heavy atom. The van der Waals surface area contributed by atoms with Gasteiger partial charge in [-0.1, -0.05) is 12.2 Å². The van der Waals surface area contributed by atoms with Gasteiger partial charge >= 0.3 is 0 Å². The number of hydrogen-bond acceptors (Lipinski definition) is 7. The second-order valence-corrected chi connectivity index (χ2v) is 9.81. The summed E-state index contributed by atoms with van der Waals surface area (Å²) in [6.45, 7) is 8.32. The van der Waals surface area contributed by atoms with Crippen LogP contribution in [-0.2, 0) is 4.79 Å². The lowest BCUT2D eigenvalue weighted by Gasteiger charge is -2.36. The minimum Gasteiger partial charge on any atom is -0.369 e. The molecule has 2 bridgehead atoms. The first-order valence-corrected chi connectivity index (χ1v) is 11.9. The fourth-order valence-corrected chi connectivity index (χ4v) is 5.78. The van der Waals surface area contributed by atoms with Gasteiger partial charge in [0.05, 0.1) is 12.1 Å². The molecule has 1 saturated heterocycles. The Labute approximate surface area is 199 Å². The van der Waals surface area contributed by atoms with Crippen molar-refractivity contribution in [1.29, 1.82) is 0 Å². The van der Waals surface area contributed by atoms with E-state index in [-0.39, 0.29) is 35.5 Å². The molecule has 4 atom stereocenters. The monoisotopic (exact) mass is 465 g/mol. The zero-order valence-corrected chi connectivity index (χ0v) is 19.9. The van der Waals surface area contributed by atoms with Crippen LogP contribution in [0.4, 0.5) is 27.5 Å². The Bertz CT molecular complexity index is 1110. The second kappa shape index (κ2) is 8.87. The molecule has 34 heavy (non-hydrogen) atoms. The SMILES string of the molecule is Cc1cc(Nc2ncc(F)c(NC3C4C=CC(C4)C3C(N)=O)n2)cc(C)c1N1CCN(C)CC1. The van der Waals surface area contributed by atoms with E-state index in [1.807, 2.05) is 6.08 Å². The largest absolute Gasteiger partial charge is 0.369 e. The first-order chi connectivity index (χ1) is 16.3. The van der Waals surface area contributed by atoms with Crippen molar-refractivity contribution < 1.29 is 9.18 Å². The summed E-state index contributed by atoms with van der Waals surface area (Å²) >= 11 is 0. The fourth-order valence-electron chi connectivity index (χ4n) is 5.78. The van der Waals surface area contributed by atoms with Crippen molar-refractivity contribution in [1.82, 2.24) is 14.9 Å². The number of benzene rings is 1. The van der Waals surface area contributed by atoms with Gasteiger partial charge in [0.25, 0.3) is 0 Å². The number of anilines is 4. The minimum absolute atomic E-state index is 0.0807. The highest BCUT2D eigenvalue weighted by molar-refractivity contribution is 5.80. The van der Waals surface area contributed by atoms with E-state index in [1.165, 1.54) is 16.8 Å². The van der Waals surface area contributed by atoms with Crippen molar-refractivity contribution in [3.8, 4) is 0 Å². The van der Waals surface area contributed by atoms with Crippen LogP contribution < -0.4 is 21.3 Å². The average Bonchev–Trinajstić information content (AvgIpc) is 3.39. The lowest BCUT2D eigenvalue weighted by atomic mass is 9.88. The normalized spacial score (nSPS) is 26.2. The highest BCUT2D eigenvalue weighted by Crippen LogP contribution is 2.45. The second-order valence-electron chi connectivity index (χ2n) is 9.81. The summed E-state index contributed by atoms with van der Waals surface area (Å²) < 4.78 is 14.6. The Hall–Kier alpha value is -3.20. The molecule has 1 aromatic heterocycles. The summed E-state index contributed by atoms with van der Waals surface area (Å²) in [6, 6.07) is 3.88. The van der Waals surface area contributed by atoms with E-state index in [9.17, 15) is 9.18 Å². The number of fused-ring (bicyclic) bond motifs is 2. The lowest BCUT2D eigenvalue weighted by Crippen LogP contribution is -2.45. The third-order valence-electron chi connectivity index (χ3n) is 7.40. The molecule has 0 radical (unpaired) electrons. The number of rotatable bonds is 6. The van der Waals surface area contributed by atoms with Crippen LogP contribution in [0.2, 0.25) is 0 Å². The smallest absolute Gasteiger partial charge is 0.229 e. The van der Waals surface area contributed by atoms with Gasteiger partial charge in [-0.3, -0.25) is 4.79 Å². The summed E-state index contributed by atoms with van der Waals surface area (Å²) in [5, 5.41) is 6.37. The number of allylic oxidation sites excluding steroid dienone is 1. The van der Waals surface area contributed by atoms with Gasteiger partial charge in [-0.15, -0.1) is 0 Å². The molecular weight excluding hydrogens is 433 g/mol. The molecule has 2 fully saturated rings. The van der Waals surface area contributed by atoms with Crippen LogP contribution in [0.15, 0.2) is 30.5 Å². The molecule has 5 rings (SSSR count). The highest BCUT2D eigenvalue weighted by Gasteiger charge is 2.47. The summed E-state index contributed by atoms with van der Waals surface area (Å²) in [7, 11) is 2.15. The zero-order chi connectivity index (χ0) is 24.0. The third kappa shape index (κ3) is 4.20. The molecule has 1 saturated carbocycles. The highest BCUT2D eigenvalue weighted by atomic mass is 19.1. The molecule has 4 unspecified atom stereocenters. The summed E-state index contributed by atoms with van der Waals surface area (Å²) in [5.41, 5.74) is 10.1. The van der Waals surface area contributed by atoms with Crippen LogP contribution in [0, 0.1) is 37.4 Å². The van der Waals surface area contributed by atoms with E-state index in [2.05, 4.69) is 69.5 Å². The number of likely N-dealkylation sites (N-methyl/N-ethyl adjacent to an activating group) is 1. The van der Waals surface area contributed by atoms with E-state index in [4.69, 9.17) is 5.73 Å². The van der Waals surface area contributed by atoms with Crippen molar-refractivity contribution in [2.75, 3.05) is 48.8 Å². The molecule has 9 heteroatoms. The Morgan fingerprint density at radius 2 is 1.79 bits per heavy atom. The molecule has 1 amide bonds. The van der Waals surface area contributed by atoms with E-state index in [1.54, 1.807) is 0 Å². The number of halogens is 1. The molecule has 2 heterocycles. The van der Waals surface area contributed by atoms with Crippen LogP contribution >= 0.6 is 0 Å². The number of carbonyl (C=O) groups excluding carboxylic acids is 1. The Balaban J connectivity index is 1.34. The predicted molar refractivity (Wildman–Crippen MR) is 132 cm³/mol. The summed E-state index contributed by atoms with van der Waals surface area (Å²) in [5.74, 6) is -0.672.